The fourth-order valence-electron chi connectivity index (χ4n) is 1.60. The SMILES string of the molecule is Cc1ccc(C(=O)NCCCn2ccnn2)cc1. The monoisotopic (exact) mass is 244 g/mol. The predicted octanol–water partition coefficient (Wildman–Crippen LogP) is 1.41. The molecule has 0 bridgehead atoms. The summed E-state index contributed by atoms with van der Waals surface area (Å²) < 4.78 is 1.75. The van der Waals surface area contributed by atoms with Crippen molar-refractivity contribution < 1.29 is 4.79 Å². The number of rotatable bonds is 5. The van der Waals surface area contributed by atoms with Crippen molar-refractivity contribution in [2.24, 2.45) is 0 Å². The summed E-state index contributed by atoms with van der Waals surface area (Å²) in [6, 6.07) is 7.54. The van der Waals surface area contributed by atoms with Crippen molar-refractivity contribution in [3.63, 3.8) is 0 Å². The Labute approximate surface area is 106 Å². The number of benzene rings is 1. The Balaban J connectivity index is 1.73. The van der Waals surface area contributed by atoms with Crippen LogP contribution >= 0.6 is 0 Å². The zero-order chi connectivity index (χ0) is 12.8. The number of nitrogens with one attached hydrogen (secondary N) is 1. The third-order valence-corrected chi connectivity index (χ3v) is 2.64. The molecule has 18 heavy (non-hydrogen) atoms. The molecule has 0 unspecified atom stereocenters. The molecule has 5 nitrogen and oxygen atoms in total. The Bertz CT molecular complexity index is 490. The Morgan fingerprint density at radius 1 is 1.33 bits per heavy atom. The first-order valence-electron chi connectivity index (χ1n) is 5.95. The molecule has 5 heteroatoms. The van der Waals surface area contributed by atoms with Gasteiger partial charge in [0, 0.05) is 24.8 Å². The molecule has 1 heterocycles. The normalized spacial score (nSPS) is 10.3. The second-order valence-corrected chi connectivity index (χ2v) is 4.14. The van der Waals surface area contributed by atoms with Crippen LogP contribution in [0, 0.1) is 6.92 Å². The van der Waals surface area contributed by atoms with E-state index in [9.17, 15) is 4.79 Å². The van der Waals surface area contributed by atoms with Crippen molar-refractivity contribution in [1.82, 2.24) is 20.3 Å². The maximum atomic E-state index is 11.8. The molecular weight excluding hydrogens is 228 g/mol. The highest BCUT2D eigenvalue weighted by Crippen LogP contribution is 2.02. The first kappa shape index (κ1) is 12.3. The van der Waals surface area contributed by atoms with E-state index in [1.165, 1.54) is 0 Å². The van der Waals surface area contributed by atoms with Gasteiger partial charge in [-0.3, -0.25) is 9.48 Å². The van der Waals surface area contributed by atoms with Crippen LogP contribution in [0.25, 0.3) is 0 Å². The van der Waals surface area contributed by atoms with E-state index in [2.05, 4.69) is 15.6 Å². The first-order chi connectivity index (χ1) is 8.75. The number of hydrogen-bond acceptors (Lipinski definition) is 3. The minimum Gasteiger partial charge on any atom is -0.352 e. The molecular formula is C13H16N4O. The number of carbonyl (C=O) groups excluding carboxylic acids is 1. The smallest absolute Gasteiger partial charge is 0.251 e. The molecule has 1 aromatic heterocycles. The summed E-state index contributed by atoms with van der Waals surface area (Å²) in [5, 5.41) is 10.5. The highest BCUT2D eigenvalue weighted by Gasteiger charge is 2.03. The van der Waals surface area contributed by atoms with Gasteiger partial charge in [0.25, 0.3) is 5.91 Å². The number of hydrogen-bond donors (Lipinski definition) is 1. The van der Waals surface area contributed by atoms with Crippen molar-refractivity contribution in [3.05, 3.63) is 47.8 Å². The van der Waals surface area contributed by atoms with Gasteiger partial charge in [0.2, 0.25) is 0 Å². The van der Waals surface area contributed by atoms with Gasteiger partial charge in [0.15, 0.2) is 0 Å². The molecule has 0 spiro atoms. The van der Waals surface area contributed by atoms with Gasteiger partial charge in [-0.25, -0.2) is 0 Å². The van der Waals surface area contributed by atoms with Crippen LogP contribution in [0.4, 0.5) is 0 Å². The van der Waals surface area contributed by atoms with E-state index in [0.29, 0.717) is 12.1 Å². The molecule has 94 valence electrons. The average Bonchev–Trinajstić information content (AvgIpc) is 2.88. The van der Waals surface area contributed by atoms with E-state index in [0.717, 1.165) is 18.5 Å². The minimum atomic E-state index is -0.0337. The van der Waals surface area contributed by atoms with Crippen molar-refractivity contribution >= 4 is 5.91 Å². The van der Waals surface area contributed by atoms with Crippen LogP contribution in [0.1, 0.15) is 22.3 Å². The summed E-state index contributed by atoms with van der Waals surface area (Å²) in [6.07, 6.45) is 4.29. The summed E-state index contributed by atoms with van der Waals surface area (Å²) in [5.41, 5.74) is 1.85. The van der Waals surface area contributed by atoms with Gasteiger partial charge in [-0.05, 0) is 25.5 Å². The van der Waals surface area contributed by atoms with Gasteiger partial charge < -0.3 is 5.32 Å². The zero-order valence-electron chi connectivity index (χ0n) is 10.3. The molecule has 1 amide bonds. The lowest BCUT2D eigenvalue weighted by molar-refractivity contribution is 0.0952. The number of nitrogens with zero attached hydrogens (tertiary/aromatic N) is 3. The molecule has 0 aliphatic carbocycles. The van der Waals surface area contributed by atoms with E-state index in [1.54, 1.807) is 10.9 Å². The predicted molar refractivity (Wildman–Crippen MR) is 68.2 cm³/mol. The van der Waals surface area contributed by atoms with Gasteiger partial charge in [0.05, 0.1) is 6.20 Å². The minimum absolute atomic E-state index is 0.0337. The fourth-order valence-corrected chi connectivity index (χ4v) is 1.60. The van der Waals surface area contributed by atoms with E-state index in [-0.39, 0.29) is 5.91 Å². The van der Waals surface area contributed by atoms with Crippen molar-refractivity contribution in [1.29, 1.82) is 0 Å². The number of aryl methyl sites for hydroxylation is 2. The first-order valence-corrected chi connectivity index (χ1v) is 5.95. The second-order valence-electron chi connectivity index (χ2n) is 4.14. The molecule has 0 radical (unpaired) electrons. The Morgan fingerprint density at radius 2 is 2.11 bits per heavy atom. The lowest BCUT2D eigenvalue weighted by Crippen LogP contribution is -2.25. The molecule has 0 saturated heterocycles. The maximum absolute atomic E-state index is 11.8. The molecule has 0 aliphatic heterocycles. The van der Waals surface area contributed by atoms with Crippen LogP contribution in [0.2, 0.25) is 0 Å². The molecule has 1 N–H and O–H groups in total. The van der Waals surface area contributed by atoms with Crippen molar-refractivity contribution in [3.8, 4) is 0 Å². The van der Waals surface area contributed by atoms with E-state index in [1.807, 2.05) is 37.4 Å². The highest BCUT2D eigenvalue weighted by atomic mass is 16.1. The van der Waals surface area contributed by atoms with Gasteiger partial charge in [-0.15, -0.1) is 5.10 Å². The lowest BCUT2D eigenvalue weighted by Gasteiger charge is -2.05. The Morgan fingerprint density at radius 3 is 2.78 bits per heavy atom. The quantitative estimate of drug-likeness (QED) is 0.809. The molecule has 0 atom stereocenters. The maximum Gasteiger partial charge on any atom is 0.251 e. The molecule has 0 aliphatic rings. The molecule has 0 fully saturated rings. The van der Waals surface area contributed by atoms with Crippen LogP contribution in [0.3, 0.4) is 0 Å². The molecule has 0 saturated carbocycles. The van der Waals surface area contributed by atoms with Gasteiger partial charge >= 0.3 is 0 Å². The zero-order valence-corrected chi connectivity index (χ0v) is 10.3. The van der Waals surface area contributed by atoms with Crippen molar-refractivity contribution in [2.75, 3.05) is 6.54 Å². The van der Waals surface area contributed by atoms with Crippen LogP contribution in [-0.2, 0) is 6.54 Å². The second kappa shape index (κ2) is 5.95. The Hall–Kier alpha value is -2.17. The third-order valence-electron chi connectivity index (χ3n) is 2.64. The summed E-state index contributed by atoms with van der Waals surface area (Å²) in [5.74, 6) is -0.0337. The fraction of sp³-hybridized carbons (Fsp3) is 0.308. The summed E-state index contributed by atoms with van der Waals surface area (Å²) >= 11 is 0. The molecule has 2 rings (SSSR count). The van der Waals surface area contributed by atoms with Gasteiger partial charge in [-0.1, -0.05) is 22.9 Å². The summed E-state index contributed by atoms with van der Waals surface area (Å²) in [6.45, 7) is 3.39. The third kappa shape index (κ3) is 3.41. The number of aromatic nitrogens is 3. The number of carbonyl (C=O) groups is 1. The summed E-state index contributed by atoms with van der Waals surface area (Å²) in [4.78, 5) is 11.8. The molecule has 2 aromatic rings. The van der Waals surface area contributed by atoms with Crippen LogP contribution < -0.4 is 5.32 Å². The summed E-state index contributed by atoms with van der Waals surface area (Å²) in [7, 11) is 0. The van der Waals surface area contributed by atoms with Crippen LogP contribution in [0.5, 0.6) is 0 Å². The topological polar surface area (TPSA) is 59.8 Å². The number of amides is 1. The average molecular weight is 244 g/mol. The van der Waals surface area contributed by atoms with Gasteiger partial charge in [0.1, 0.15) is 0 Å². The Kier molecular flexibility index (Phi) is 4.06. The van der Waals surface area contributed by atoms with Gasteiger partial charge in [-0.2, -0.15) is 0 Å². The van der Waals surface area contributed by atoms with E-state index >= 15 is 0 Å². The van der Waals surface area contributed by atoms with Crippen LogP contribution in [-0.4, -0.2) is 27.4 Å². The molecule has 1 aromatic carbocycles. The van der Waals surface area contributed by atoms with Crippen LogP contribution in [0.15, 0.2) is 36.7 Å². The van der Waals surface area contributed by atoms with Crippen molar-refractivity contribution in [2.45, 2.75) is 19.9 Å². The standard InChI is InChI=1S/C13H16N4O/c1-11-3-5-12(6-4-11)13(18)14-7-2-9-17-10-8-15-16-17/h3-6,8,10H,2,7,9H2,1H3,(H,14,18). The largest absolute Gasteiger partial charge is 0.352 e. The van der Waals surface area contributed by atoms with E-state index < -0.39 is 0 Å². The highest BCUT2D eigenvalue weighted by molar-refractivity contribution is 5.94. The lowest BCUT2D eigenvalue weighted by atomic mass is 10.1. The van der Waals surface area contributed by atoms with E-state index in [4.69, 9.17) is 0 Å².